The summed E-state index contributed by atoms with van der Waals surface area (Å²) < 4.78 is 26.9. The number of rotatable bonds is 7. The van der Waals surface area contributed by atoms with E-state index in [0.29, 0.717) is 13.0 Å². The minimum atomic E-state index is -3.69. The molecule has 1 aromatic carbocycles. The van der Waals surface area contributed by atoms with Gasteiger partial charge in [-0.05, 0) is 44.2 Å². The van der Waals surface area contributed by atoms with E-state index < -0.39 is 15.9 Å². The van der Waals surface area contributed by atoms with Gasteiger partial charge >= 0.3 is 0 Å². The molecule has 0 atom stereocenters. The Labute approximate surface area is 152 Å². The fourth-order valence-corrected chi connectivity index (χ4v) is 3.65. The first-order valence-corrected chi connectivity index (χ1v) is 9.65. The van der Waals surface area contributed by atoms with Gasteiger partial charge in [-0.3, -0.25) is 9.78 Å². The number of carbonyl (C=O) groups excluding carboxylic acids is 1. The van der Waals surface area contributed by atoms with Gasteiger partial charge in [0.2, 0.25) is 10.0 Å². The lowest BCUT2D eigenvalue weighted by Gasteiger charge is -2.12. The third-order valence-electron chi connectivity index (χ3n) is 3.28. The number of amides is 1. The lowest BCUT2D eigenvalue weighted by molar-refractivity contribution is 0.0954. The molecule has 1 amide bonds. The second-order valence-corrected chi connectivity index (χ2v) is 7.87. The predicted octanol–water partition coefficient (Wildman–Crippen LogP) is 2.39. The van der Waals surface area contributed by atoms with Crippen molar-refractivity contribution in [3.8, 4) is 0 Å². The number of pyridine rings is 1. The molecule has 2 rings (SSSR count). The molecule has 1 aromatic heterocycles. The van der Waals surface area contributed by atoms with E-state index in [1.54, 1.807) is 20.0 Å². The van der Waals surface area contributed by atoms with Crippen LogP contribution in [0.15, 0.2) is 47.5 Å². The summed E-state index contributed by atoms with van der Waals surface area (Å²) in [6.07, 6.45) is 2.25. The lowest BCUT2D eigenvalue weighted by Crippen LogP contribution is -2.31. The van der Waals surface area contributed by atoms with E-state index >= 15 is 0 Å². The molecule has 134 valence electrons. The molecule has 0 unspecified atom stereocenters. The molecule has 0 spiro atoms. The summed E-state index contributed by atoms with van der Waals surface area (Å²) in [6.45, 7) is 3.81. The molecule has 0 saturated carbocycles. The van der Waals surface area contributed by atoms with Gasteiger partial charge in [0.25, 0.3) is 5.91 Å². The summed E-state index contributed by atoms with van der Waals surface area (Å²) in [5, 5.41) is 2.92. The first-order valence-electron chi connectivity index (χ1n) is 7.79. The molecule has 2 aromatic rings. The Morgan fingerprint density at radius 3 is 2.64 bits per heavy atom. The van der Waals surface area contributed by atoms with E-state index in [9.17, 15) is 13.2 Å². The van der Waals surface area contributed by atoms with Gasteiger partial charge in [-0.25, -0.2) is 13.1 Å². The normalized spacial score (nSPS) is 11.5. The zero-order valence-electron chi connectivity index (χ0n) is 14.0. The van der Waals surface area contributed by atoms with Gasteiger partial charge in [0, 0.05) is 30.9 Å². The summed E-state index contributed by atoms with van der Waals surface area (Å²) in [4.78, 5) is 16.5. The van der Waals surface area contributed by atoms with Crippen LogP contribution in [0.2, 0.25) is 5.02 Å². The summed E-state index contributed by atoms with van der Waals surface area (Å²) in [5.74, 6) is -0.428. The van der Waals surface area contributed by atoms with Crippen molar-refractivity contribution in [1.82, 2.24) is 15.0 Å². The molecule has 1 heterocycles. The number of nitrogens with one attached hydrogen (secondary N) is 2. The molecule has 2 N–H and O–H groups in total. The monoisotopic (exact) mass is 381 g/mol. The molecule has 0 aliphatic carbocycles. The van der Waals surface area contributed by atoms with Crippen LogP contribution in [0, 0.1) is 0 Å². The number of nitrogens with zero attached hydrogens (tertiary/aromatic N) is 1. The van der Waals surface area contributed by atoms with Gasteiger partial charge in [-0.15, -0.1) is 0 Å². The molecular weight excluding hydrogens is 362 g/mol. The highest BCUT2D eigenvalue weighted by Gasteiger charge is 2.19. The molecule has 0 fully saturated rings. The average Bonchev–Trinajstić information content (AvgIpc) is 2.54. The van der Waals surface area contributed by atoms with Crippen LogP contribution in [0.4, 0.5) is 0 Å². The Kier molecular flexibility index (Phi) is 6.52. The highest BCUT2D eigenvalue weighted by Crippen LogP contribution is 2.20. The van der Waals surface area contributed by atoms with Crippen LogP contribution in [-0.4, -0.2) is 31.9 Å². The average molecular weight is 382 g/mol. The highest BCUT2D eigenvalue weighted by atomic mass is 35.5. The molecule has 0 aliphatic rings. The second kappa shape index (κ2) is 8.42. The molecule has 0 aliphatic heterocycles. The molecule has 25 heavy (non-hydrogen) atoms. The van der Waals surface area contributed by atoms with Crippen molar-refractivity contribution in [2.45, 2.75) is 31.2 Å². The molecule has 8 heteroatoms. The SMILES string of the molecule is CC(C)NS(=O)(=O)c1ccc(Cl)c(C(=O)NCCc2ccccn2)c1. The van der Waals surface area contributed by atoms with Gasteiger partial charge in [0.15, 0.2) is 0 Å². The zero-order chi connectivity index (χ0) is 18.4. The maximum absolute atomic E-state index is 12.3. The van der Waals surface area contributed by atoms with Crippen LogP contribution >= 0.6 is 11.6 Å². The Morgan fingerprint density at radius 1 is 1.24 bits per heavy atom. The Hall–Kier alpha value is -1.96. The zero-order valence-corrected chi connectivity index (χ0v) is 15.6. The van der Waals surface area contributed by atoms with Crippen molar-refractivity contribution >= 4 is 27.5 Å². The van der Waals surface area contributed by atoms with Crippen molar-refractivity contribution in [3.63, 3.8) is 0 Å². The van der Waals surface area contributed by atoms with Gasteiger partial charge in [0.1, 0.15) is 0 Å². The molecular formula is C17H20ClN3O3S. The van der Waals surface area contributed by atoms with Crippen molar-refractivity contribution in [2.24, 2.45) is 0 Å². The topological polar surface area (TPSA) is 88.2 Å². The summed E-state index contributed by atoms with van der Waals surface area (Å²) in [6, 6.07) is 9.36. The van der Waals surface area contributed by atoms with Crippen molar-refractivity contribution in [1.29, 1.82) is 0 Å². The van der Waals surface area contributed by atoms with E-state index in [4.69, 9.17) is 11.6 Å². The fraction of sp³-hybridized carbons (Fsp3) is 0.294. The Bertz CT molecular complexity index is 839. The standard InChI is InChI=1S/C17H20ClN3O3S/c1-12(2)21-25(23,24)14-6-7-16(18)15(11-14)17(22)20-10-8-13-5-3-4-9-19-13/h3-7,9,11-12,21H,8,10H2,1-2H3,(H,20,22). The van der Waals surface area contributed by atoms with Gasteiger partial charge in [-0.1, -0.05) is 17.7 Å². The summed E-state index contributed by atoms with van der Waals surface area (Å²) in [7, 11) is -3.69. The number of aromatic nitrogens is 1. The van der Waals surface area contributed by atoms with Crippen LogP contribution in [0.5, 0.6) is 0 Å². The maximum Gasteiger partial charge on any atom is 0.252 e. The van der Waals surface area contributed by atoms with Crippen molar-refractivity contribution < 1.29 is 13.2 Å². The number of carbonyl (C=O) groups is 1. The first-order chi connectivity index (χ1) is 11.8. The quantitative estimate of drug-likeness (QED) is 0.770. The summed E-state index contributed by atoms with van der Waals surface area (Å²) in [5.41, 5.74) is 0.973. The molecule has 0 bridgehead atoms. The van der Waals surface area contributed by atoms with E-state index in [1.165, 1.54) is 18.2 Å². The minimum Gasteiger partial charge on any atom is -0.352 e. The Balaban J connectivity index is 2.10. The molecule has 0 radical (unpaired) electrons. The van der Waals surface area contributed by atoms with Crippen LogP contribution < -0.4 is 10.0 Å². The predicted molar refractivity (Wildman–Crippen MR) is 97.2 cm³/mol. The van der Waals surface area contributed by atoms with Crippen LogP contribution in [-0.2, 0) is 16.4 Å². The van der Waals surface area contributed by atoms with Crippen LogP contribution in [0.3, 0.4) is 0 Å². The lowest BCUT2D eigenvalue weighted by atomic mass is 10.2. The first kappa shape index (κ1) is 19.4. The van der Waals surface area contributed by atoms with E-state index in [1.807, 2.05) is 18.2 Å². The highest BCUT2D eigenvalue weighted by molar-refractivity contribution is 7.89. The third kappa shape index (κ3) is 5.52. The number of hydrogen-bond acceptors (Lipinski definition) is 4. The van der Waals surface area contributed by atoms with E-state index in [-0.39, 0.29) is 21.5 Å². The maximum atomic E-state index is 12.3. The number of hydrogen-bond donors (Lipinski definition) is 2. The van der Waals surface area contributed by atoms with Crippen LogP contribution in [0.1, 0.15) is 29.9 Å². The number of sulfonamides is 1. The minimum absolute atomic E-state index is 0.000441. The van der Waals surface area contributed by atoms with Crippen molar-refractivity contribution in [2.75, 3.05) is 6.54 Å². The smallest absolute Gasteiger partial charge is 0.252 e. The molecule has 0 saturated heterocycles. The van der Waals surface area contributed by atoms with Gasteiger partial charge < -0.3 is 5.32 Å². The van der Waals surface area contributed by atoms with Crippen LogP contribution in [0.25, 0.3) is 0 Å². The second-order valence-electron chi connectivity index (χ2n) is 5.74. The Morgan fingerprint density at radius 2 is 2.00 bits per heavy atom. The van der Waals surface area contributed by atoms with E-state index in [0.717, 1.165) is 5.69 Å². The largest absolute Gasteiger partial charge is 0.352 e. The number of halogens is 1. The summed E-state index contributed by atoms with van der Waals surface area (Å²) >= 11 is 6.05. The molecule has 6 nitrogen and oxygen atoms in total. The number of benzene rings is 1. The van der Waals surface area contributed by atoms with E-state index in [2.05, 4.69) is 15.0 Å². The fourth-order valence-electron chi connectivity index (χ4n) is 2.17. The van der Waals surface area contributed by atoms with Gasteiger partial charge in [-0.2, -0.15) is 0 Å². The van der Waals surface area contributed by atoms with Gasteiger partial charge in [0.05, 0.1) is 15.5 Å². The third-order valence-corrected chi connectivity index (χ3v) is 5.26. The van der Waals surface area contributed by atoms with Crippen molar-refractivity contribution in [3.05, 3.63) is 58.9 Å².